The molecule has 6 heteroatoms. The average molecular weight is 884 g/mol. The van der Waals surface area contributed by atoms with Gasteiger partial charge in [0.1, 0.15) is 11.3 Å². The van der Waals surface area contributed by atoms with E-state index in [-0.39, 0.29) is 43.5 Å². The van der Waals surface area contributed by atoms with E-state index >= 15 is 0 Å². The van der Waals surface area contributed by atoms with Crippen molar-refractivity contribution >= 4 is 27.5 Å². The van der Waals surface area contributed by atoms with E-state index < -0.39 is 0 Å². The quantitative estimate of drug-likeness (QED) is 0.0797. The SMILES string of the molecule is CC(C)Cc1ccnc2c1CCc1oc3c(-c4[c-]c5ccccc5c(-c5ccccc5)c4)nccc3c1-2.CCC(CC)C(=O)/C=C(\O)C(CC)CC.[Ir]. The monoisotopic (exact) mass is 884 g/mol. The summed E-state index contributed by atoms with van der Waals surface area (Å²) in [6, 6.07) is 29.1. The molecule has 0 spiro atoms. The molecule has 3 heterocycles. The van der Waals surface area contributed by atoms with Crippen LogP contribution in [-0.4, -0.2) is 20.9 Å². The largest absolute Gasteiger partial charge is 0.512 e. The van der Waals surface area contributed by atoms with E-state index in [2.05, 4.69) is 92.7 Å². The minimum Gasteiger partial charge on any atom is -0.512 e. The van der Waals surface area contributed by atoms with E-state index in [0.717, 1.165) is 89.6 Å². The predicted octanol–water partition coefficient (Wildman–Crippen LogP) is 12.3. The standard InChI is InChI=1S/C34H27N2O.C13H24O2.Ir/c1-21(2)18-24-14-16-36-33-27(24)12-13-30-31(33)28-15-17-35-32(34(28)37-30)25-19-23-10-6-7-11-26(23)29(20-25)22-8-4-3-5-9-22;1-5-10(6-2)12(14)9-13(15)11(7-3)8-4;/h3-11,14-17,20-21H,12-13,18H2,1-2H3;9-11,14H,5-8H2,1-4H3;/q-1;;/b;12-9-;. The van der Waals surface area contributed by atoms with E-state index in [1.165, 1.54) is 33.7 Å². The summed E-state index contributed by atoms with van der Waals surface area (Å²) in [6.45, 7) is 12.6. The Hall–Kier alpha value is -4.38. The molecule has 6 aromatic rings. The number of carbonyl (C=O) groups is 1. The van der Waals surface area contributed by atoms with Crippen LogP contribution in [0.2, 0.25) is 0 Å². The van der Waals surface area contributed by atoms with Crippen molar-refractivity contribution in [2.24, 2.45) is 17.8 Å². The maximum Gasteiger partial charge on any atom is 0.162 e. The van der Waals surface area contributed by atoms with Crippen molar-refractivity contribution in [3.8, 4) is 33.6 Å². The number of aryl methyl sites for hydroxylation is 1. The van der Waals surface area contributed by atoms with Gasteiger partial charge in [-0.25, -0.2) is 0 Å². The zero-order valence-electron chi connectivity index (χ0n) is 31.8. The molecule has 0 atom stereocenters. The van der Waals surface area contributed by atoms with Crippen molar-refractivity contribution in [2.45, 2.75) is 86.5 Å². The molecule has 1 radical (unpaired) electrons. The first-order valence-corrected chi connectivity index (χ1v) is 19.1. The molecule has 0 amide bonds. The fourth-order valence-electron chi connectivity index (χ4n) is 7.59. The molecule has 0 saturated carbocycles. The van der Waals surface area contributed by atoms with Crippen LogP contribution in [-0.2, 0) is 44.2 Å². The Bertz CT molecular complexity index is 2190. The Balaban J connectivity index is 0.000000290. The molecule has 3 aromatic heterocycles. The number of ketones is 1. The number of pyridine rings is 2. The van der Waals surface area contributed by atoms with Gasteiger partial charge < -0.3 is 9.52 Å². The van der Waals surface area contributed by atoms with Gasteiger partial charge in [-0.3, -0.25) is 14.8 Å². The number of carbonyl (C=O) groups excluding carboxylic acids is 1. The number of fused-ring (bicyclic) bond motifs is 6. The fraction of sp³-hybridized carbons (Fsp3) is 0.340. The molecular weight excluding hydrogens is 833 g/mol. The molecule has 277 valence electrons. The van der Waals surface area contributed by atoms with Gasteiger partial charge in [-0.05, 0) is 73.3 Å². The van der Waals surface area contributed by atoms with E-state index in [1.54, 1.807) is 0 Å². The number of aliphatic hydroxyl groups is 1. The van der Waals surface area contributed by atoms with Crippen LogP contribution in [0.1, 0.15) is 84.1 Å². The number of rotatable bonds is 11. The van der Waals surface area contributed by atoms with E-state index in [1.807, 2.05) is 40.1 Å². The molecule has 3 aromatic carbocycles. The summed E-state index contributed by atoms with van der Waals surface area (Å²) in [7, 11) is 0. The topological polar surface area (TPSA) is 76.2 Å². The van der Waals surface area contributed by atoms with Gasteiger partial charge in [-0.1, -0.05) is 107 Å². The fourth-order valence-corrected chi connectivity index (χ4v) is 7.59. The average Bonchev–Trinajstić information content (AvgIpc) is 3.55. The molecular formula is C47H51IrN2O3-. The number of allylic oxidation sites excluding steroid dienone is 2. The van der Waals surface area contributed by atoms with Gasteiger partial charge in [0.2, 0.25) is 0 Å². The first-order valence-electron chi connectivity index (χ1n) is 19.1. The number of benzene rings is 3. The van der Waals surface area contributed by atoms with E-state index in [4.69, 9.17) is 14.4 Å². The smallest absolute Gasteiger partial charge is 0.162 e. The van der Waals surface area contributed by atoms with Crippen molar-refractivity contribution in [1.82, 2.24) is 9.97 Å². The number of aliphatic hydroxyl groups excluding tert-OH is 1. The maximum atomic E-state index is 11.7. The summed E-state index contributed by atoms with van der Waals surface area (Å²) in [5.74, 6) is 2.16. The van der Waals surface area contributed by atoms with Crippen LogP contribution in [0.5, 0.6) is 0 Å². The Morgan fingerprint density at radius 3 is 2.19 bits per heavy atom. The number of hydrogen-bond donors (Lipinski definition) is 1. The van der Waals surface area contributed by atoms with Crippen molar-refractivity contribution in [1.29, 1.82) is 0 Å². The van der Waals surface area contributed by atoms with Crippen molar-refractivity contribution < 1.29 is 34.4 Å². The third kappa shape index (κ3) is 8.56. The third-order valence-electron chi connectivity index (χ3n) is 10.5. The summed E-state index contributed by atoms with van der Waals surface area (Å²) < 4.78 is 6.59. The molecule has 53 heavy (non-hydrogen) atoms. The Labute approximate surface area is 328 Å². The zero-order valence-corrected chi connectivity index (χ0v) is 34.2. The molecule has 5 nitrogen and oxygen atoms in total. The van der Waals surface area contributed by atoms with Crippen LogP contribution >= 0.6 is 0 Å². The maximum absolute atomic E-state index is 11.7. The minimum absolute atomic E-state index is 0. The third-order valence-corrected chi connectivity index (χ3v) is 10.5. The first-order chi connectivity index (χ1) is 25.3. The van der Waals surface area contributed by atoms with Gasteiger partial charge in [0.25, 0.3) is 0 Å². The number of aromatic nitrogens is 2. The number of hydrogen-bond acceptors (Lipinski definition) is 5. The summed E-state index contributed by atoms with van der Waals surface area (Å²) in [4.78, 5) is 21.4. The molecule has 1 N–H and O–H groups in total. The summed E-state index contributed by atoms with van der Waals surface area (Å²) in [6.07, 6.45) is 11.7. The zero-order chi connectivity index (χ0) is 36.8. The normalized spacial score (nSPS) is 12.4. The predicted molar refractivity (Wildman–Crippen MR) is 214 cm³/mol. The van der Waals surface area contributed by atoms with Crippen LogP contribution < -0.4 is 0 Å². The van der Waals surface area contributed by atoms with Crippen molar-refractivity contribution in [2.75, 3.05) is 0 Å². The summed E-state index contributed by atoms with van der Waals surface area (Å²) in [5, 5.41) is 13.1. The summed E-state index contributed by atoms with van der Waals surface area (Å²) in [5.41, 5.74) is 9.92. The molecule has 1 aliphatic carbocycles. The summed E-state index contributed by atoms with van der Waals surface area (Å²) >= 11 is 0. The van der Waals surface area contributed by atoms with Crippen LogP contribution in [0.15, 0.2) is 101 Å². The Morgan fingerprint density at radius 1 is 0.830 bits per heavy atom. The number of furan rings is 1. The minimum atomic E-state index is 0. The van der Waals surface area contributed by atoms with Gasteiger partial charge in [0.05, 0.1) is 11.5 Å². The first kappa shape index (κ1) is 39.8. The van der Waals surface area contributed by atoms with Crippen molar-refractivity contribution in [3.63, 3.8) is 0 Å². The van der Waals surface area contributed by atoms with Gasteiger partial charge in [0.15, 0.2) is 5.78 Å². The second kappa shape index (κ2) is 18.1. The molecule has 0 saturated heterocycles. The Morgan fingerprint density at radius 2 is 1.49 bits per heavy atom. The Kier molecular flexibility index (Phi) is 13.6. The molecule has 0 unspecified atom stereocenters. The molecule has 7 rings (SSSR count). The van der Waals surface area contributed by atoms with E-state index in [0.29, 0.717) is 5.92 Å². The van der Waals surface area contributed by atoms with Gasteiger partial charge >= 0.3 is 0 Å². The van der Waals surface area contributed by atoms with Gasteiger partial charge in [0, 0.05) is 73.5 Å². The van der Waals surface area contributed by atoms with Crippen LogP contribution in [0.25, 0.3) is 55.4 Å². The van der Waals surface area contributed by atoms with Crippen LogP contribution in [0.3, 0.4) is 0 Å². The molecule has 1 aliphatic rings. The van der Waals surface area contributed by atoms with Crippen LogP contribution in [0, 0.1) is 23.8 Å². The molecule has 0 aliphatic heterocycles. The van der Waals surface area contributed by atoms with Crippen LogP contribution in [0.4, 0.5) is 0 Å². The van der Waals surface area contributed by atoms with Gasteiger partial charge in [-0.2, -0.15) is 0 Å². The van der Waals surface area contributed by atoms with Crippen molar-refractivity contribution in [3.05, 3.63) is 120 Å². The second-order valence-electron chi connectivity index (χ2n) is 14.3. The molecule has 0 fully saturated rings. The van der Waals surface area contributed by atoms with E-state index in [9.17, 15) is 9.90 Å². The molecule has 0 bridgehead atoms. The van der Waals surface area contributed by atoms with Gasteiger partial charge in [-0.15, -0.1) is 23.6 Å². The second-order valence-corrected chi connectivity index (χ2v) is 14.3. The number of nitrogens with zero attached hydrogens (tertiary/aromatic N) is 2.